The maximum absolute atomic E-state index is 12.2. The molecule has 1 N–H and O–H groups in total. The van der Waals surface area contributed by atoms with Crippen LogP contribution in [-0.2, 0) is 16.0 Å². The largest absolute Gasteiger partial charge is 0.481 e. The Bertz CT molecular complexity index is 443. The molecule has 0 radical (unpaired) electrons. The van der Waals surface area contributed by atoms with E-state index in [4.69, 9.17) is 5.11 Å². The molecule has 4 nitrogen and oxygen atoms in total. The van der Waals surface area contributed by atoms with Gasteiger partial charge in [-0.25, -0.2) is 0 Å². The number of nitrogens with zero attached hydrogens (tertiary/aromatic N) is 1. The minimum absolute atomic E-state index is 0.00213. The molecule has 0 aliphatic rings. The first-order valence-electron chi connectivity index (χ1n) is 6.16. The highest BCUT2D eigenvalue weighted by Gasteiger charge is 2.18. The molecule has 1 amide bonds. The van der Waals surface area contributed by atoms with Gasteiger partial charge in [-0.3, -0.25) is 9.59 Å². The SMILES string of the molecule is CC(C)N(CCC(=O)O)C(=O)Cc1ccc(Br)cc1. The van der Waals surface area contributed by atoms with E-state index in [0.29, 0.717) is 6.42 Å². The maximum Gasteiger partial charge on any atom is 0.305 e. The molecule has 0 spiro atoms. The average molecular weight is 328 g/mol. The summed E-state index contributed by atoms with van der Waals surface area (Å²) in [6, 6.07) is 7.55. The third kappa shape index (κ3) is 5.42. The molecule has 0 aromatic heterocycles. The fraction of sp³-hybridized carbons (Fsp3) is 0.429. The Hall–Kier alpha value is -1.36. The van der Waals surface area contributed by atoms with E-state index >= 15 is 0 Å². The molecule has 0 heterocycles. The normalized spacial score (nSPS) is 10.5. The number of benzene rings is 1. The van der Waals surface area contributed by atoms with E-state index in [1.807, 2.05) is 38.1 Å². The van der Waals surface area contributed by atoms with Crippen molar-refractivity contribution in [3.63, 3.8) is 0 Å². The third-order valence-corrected chi connectivity index (χ3v) is 3.31. The van der Waals surface area contributed by atoms with Crippen molar-refractivity contribution in [3.8, 4) is 0 Å². The first-order chi connectivity index (χ1) is 8.90. The molecule has 5 heteroatoms. The van der Waals surface area contributed by atoms with E-state index in [-0.39, 0.29) is 24.9 Å². The van der Waals surface area contributed by atoms with Gasteiger partial charge in [0.25, 0.3) is 0 Å². The van der Waals surface area contributed by atoms with Gasteiger partial charge < -0.3 is 10.0 Å². The number of hydrogen-bond acceptors (Lipinski definition) is 2. The van der Waals surface area contributed by atoms with Crippen LogP contribution in [0.15, 0.2) is 28.7 Å². The number of carboxylic acid groups (broad SMARTS) is 1. The summed E-state index contributed by atoms with van der Waals surface area (Å²) in [6.07, 6.45) is 0.273. The summed E-state index contributed by atoms with van der Waals surface area (Å²) in [5.41, 5.74) is 0.925. The number of carbonyl (C=O) groups excluding carboxylic acids is 1. The molecule has 1 rings (SSSR count). The summed E-state index contributed by atoms with van der Waals surface area (Å²) in [7, 11) is 0. The molecule has 0 fully saturated rings. The summed E-state index contributed by atoms with van der Waals surface area (Å²) < 4.78 is 0.968. The quantitative estimate of drug-likeness (QED) is 0.873. The van der Waals surface area contributed by atoms with Gasteiger partial charge in [-0.05, 0) is 31.5 Å². The lowest BCUT2D eigenvalue weighted by molar-refractivity contribution is -0.139. The van der Waals surface area contributed by atoms with Gasteiger partial charge in [-0.1, -0.05) is 28.1 Å². The van der Waals surface area contributed by atoms with Crippen LogP contribution in [0.3, 0.4) is 0 Å². The summed E-state index contributed by atoms with van der Waals surface area (Å²) in [4.78, 5) is 24.4. The highest BCUT2D eigenvalue weighted by Crippen LogP contribution is 2.12. The van der Waals surface area contributed by atoms with Gasteiger partial charge in [0.1, 0.15) is 0 Å². The standard InChI is InChI=1S/C14H18BrNO3/c1-10(2)16(8-7-14(18)19)13(17)9-11-3-5-12(15)6-4-11/h3-6,10H,7-9H2,1-2H3,(H,18,19). The Morgan fingerprint density at radius 1 is 1.26 bits per heavy atom. The number of rotatable bonds is 6. The second-order valence-electron chi connectivity index (χ2n) is 4.63. The third-order valence-electron chi connectivity index (χ3n) is 2.78. The number of hydrogen-bond donors (Lipinski definition) is 1. The van der Waals surface area contributed by atoms with Crippen molar-refractivity contribution in [2.75, 3.05) is 6.54 Å². The van der Waals surface area contributed by atoms with Crippen LogP contribution in [0.25, 0.3) is 0 Å². The molecule has 0 saturated heterocycles. The number of aliphatic carboxylic acids is 1. The van der Waals surface area contributed by atoms with Crippen LogP contribution in [0.1, 0.15) is 25.8 Å². The van der Waals surface area contributed by atoms with E-state index in [1.54, 1.807) is 4.90 Å². The Morgan fingerprint density at radius 2 is 1.84 bits per heavy atom. The molecule has 0 atom stereocenters. The number of carbonyl (C=O) groups is 2. The van der Waals surface area contributed by atoms with Crippen LogP contribution in [-0.4, -0.2) is 34.5 Å². The van der Waals surface area contributed by atoms with Crippen LogP contribution in [0.4, 0.5) is 0 Å². The maximum atomic E-state index is 12.2. The molecular weight excluding hydrogens is 310 g/mol. The number of halogens is 1. The van der Waals surface area contributed by atoms with Crippen molar-refractivity contribution in [1.29, 1.82) is 0 Å². The topological polar surface area (TPSA) is 57.6 Å². The Balaban J connectivity index is 2.66. The van der Waals surface area contributed by atoms with Gasteiger partial charge in [-0.2, -0.15) is 0 Å². The summed E-state index contributed by atoms with van der Waals surface area (Å²) >= 11 is 3.34. The second-order valence-corrected chi connectivity index (χ2v) is 5.54. The lowest BCUT2D eigenvalue weighted by Gasteiger charge is -2.26. The molecule has 0 aliphatic carbocycles. The van der Waals surface area contributed by atoms with Gasteiger partial charge in [-0.15, -0.1) is 0 Å². The fourth-order valence-electron chi connectivity index (χ4n) is 1.77. The van der Waals surface area contributed by atoms with E-state index < -0.39 is 5.97 Å². The first kappa shape index (κ1) is 15.7. The first-order valence-corrected chi connectivity index (χ1v) is 6.95. The zero-order chi connectivity index (χ0) is 14.4. The van der Waals surface area contributed by atoms with Crippen molar-refractivity contribution in [2.24, 2.45) is 0 Å². The van der Waals surface area contributed by atoms with E-state index in [1.165, 1.54) is 0 Å². The van der Waals surface area contributed by atoms with Crippen LogP contribution in [0, 0.1) is 0 Å². The number of amides is 1. The average Bonchev–Trinajstić information content (AvgIpc) is 2.31. The molecule has 1 aromatic rings. The molecule has 0 bridgehead atoms. The van der Waals surface area contributed by atoms with Gasteiger partial charge >= 0.3 is 5.97 Å². The highest BCUT2D eigenvalue weighted by molar-refractivity contribution is 9.10. The van der Waals surface area contributed by atoms with E-state index in [2.05, 4.69) is 15.9 Å². The molecule has 19 heavy (non-hydrogen) atoms. The summed E-state index contributed by atoms with van der Waals surface area (Å²) in [6.45, 7) is 4.03. The Morgan fingerprint density at radius 3 is 2.32 bits per heavy atom. The van der Waals surface area contributed by atoms with Crippen molar-refractivity contribution in [3.05, 3.63) is 34.3 Å². The van der Waals surface area contributed by atoms with E-state index in [9.17, 15) is 9.59 Å². The van der Waals surface area contributed by atoms with Crippen molar-refractivity contribution >= 4 is 27.8 Å². The molecule has 1 aromatic carbocycles. The van der Waals surface area contributed by atoms with Crippen LogP contribution in [0.2, 0.25) is 0 Å². The molecule has 104 valence electrons. The van der Waals surface area contributed by atoms with Crippen molar-refractivity contribution < 1.29 is 14.7 Å². The molecule has 0 aliphatic heterocycles. The van der Waals surface area contributed by atoms with E-state index in [0.717, 1.165) is 10.0 Å². The predicted octanol–water partition coefficient (Wildman–Crippen LogP) is 2.70. The molecule has 0 unspecified atom stereocenters. The van der Waals surface area contributed by atoms with Crippen LogP contribution >= 0.6 is 15.9 Å². The molecular formula is C14H18BrNO3. The fourth-order valence-corrected chi connectivity index (χ4v) is 2.03. The van der Waals surface area contributed by atoms with Crippen LogP contribution < -0.4 is 0 Å². The Kier molecular flexibility index (Phi) is 6.02. The predicted molar refractivity (Wildman–Crippen MR) is 76.9 cm³/mol. The lowest BCUT2D eigenvalue weighted by Crippen LogP contribution is -2.39. The number of carboxylic acids is 1. The van der Waals surface area contributed by atoms with Crippen molar-refractivity contribution in [2.45, 2.75) is 32.7 Å². The lowest BCUT2D eigenvalue weighted by atomic mass is 10.1. The zero-order valence-electron chi connectivity index (χ0n) is 11.1. The zero-order valence-corrected chi connectivity index (χ0v) is 12.7. The summed E-state index contributed by atoms with van der Waals surface area (Å²) in [5.74, 6) is -0.930. The van der Waals surface area contributed by atoms with Gasteiger partial charge in [0, 0.05) is 17.1 Å². The minimum atomic E-state index is -0.887. The minimum Gasteiger partial charge on any atom is -0.481 e. The van der Waals surface area contributed by atoms with Gasteiger partial charge in [0.2, 0.25) is 5.91 Å². The summed E-state index contributed by atoms with van der Waals surface area (Å²) in [5, 5.41) is 8.70. The van der Waals surface area contributed by atoms with Crippen molar-refractivity contribution in [1.82, 2.24) is 4.90 Å². The van der Waals surface area contributed by atoms with Gasteiger partial charge in [0.05, 0.1) is 12.8 Å². The Labute approximate surface area is 121 Å². The van der Waals surface area contributed by atoms with Crippen LogP contribution in [0.5, 0.6) is 0 Å². The second kappa shape index (κ2) is 7.28. The van der Waals surface area contributed by atoms with Gasteiger partial charge in [0.15, 0.2) is 0 Å². The smallest absolute Gasteiger partial charge is 0.305 e. The molecule has 0 saturated carbocycles. The highest BCUT2D eigenvalue weighted by atomic mass is 79.9. The monoisotopic (exact) mass is 327 g/mol.